The van der Waals surface area contributed by atoms with Crippen molar-refractivity contribution in [3.63, 3.8) is 0 Å². The minimum atomic E-state index is -0.492. The molecule has 0 unspecified atom stereocenters. The van der Waals surface area contributed by atoms with E-state index in [1.807, 2.05) is 0 Å². The Hall–Kier alpha value is -2.37. The molecule has 0 saturated carbocycles. The number of hydrogen-bond acceptors (Lipinski definition) is 5. The Balaban J connectivity index is 2.38. The van der Waals surface area contributed by atoms with Crippen molar-refractivity contribution < 1.29 is 13.9 Å². The molecule has 2 aromatic rings. The van der Waals surface area contributed by atoms with Crippen LogP contribution in [0.15, 0.2) is 33.8 Å². The van der Waals surface area contributed by atoms with E-state index in [-0.39, 0.29) is 12.1 Å². The number of aryl methyl sites for hydroxylation is 1. The van der Waals surface area contributed by atoms with Crippen molar-refractivity contribution >= 4 is 5.97 Å². The molecule has 2 heterocycles. The van der Waals surface area contributed by atoms with E-state index in [0.717, 1.165) is 0 Å². The van der Waals surface area contributed by atoms with Gasteiger partial charge in [-0.2, -0.15) is 0 Å². The molecule has 0 aliphatic rings. The smallest absolute Gasteiger partial charge is 0.341 e. The Kier molecular flexibility index (Phi) is 3.27. The molecule has 0 N–H and O–H groups in total. The van der Waals surface area contributed by atoms with Gasteiger partial charge in [0.25, 0.3) is 5.56 Å². The van der Waals surface area contributed by atoms with Crippen LogP contribution in [0.4, 0.5) is 0 Å². The lowest BCUT2D eigenvalue weighted by Crippen LogP contribution is -2.23. The van der Waals surface area contributed by atoms with Crippen molar-refractivity contribution in [3.05, 3.63) is 52.1 Å². The standard InChI is InChI=1S/C12H12N2O4/c1-8-13-5-3-11(15)14(8)7-10-9(4-6-18-10)12(16)17-2/h3-6H,7H2,1-2H3. The van der Waals surface area contributed by atoms with Crippen LogP contribution in [-0.4, -0.2) is 22.6 Å². The van der Waals surface area contributed by atoms with Gasteiger partial charge in [0, 0.05) is 12.3 Å². The maximum absolute atomic E-state index is 11.7. The van der Waals surface area contributed by atoms with Gasteiger partial charge in [0.1, 0.15) is 17.1 Å². The summed E-state index contributed by atoms with van der Waals surface area (Å²) in [6.45, 7) is 1.86. The molecule has 0 fully saturated rings. The van der Waals surface area contributed by atoms with Crippen molar-refractivity contribution in [1.29, 1.82) is 0 Å². The van der Waals surface area contributed by atoms with E-state index in [2.05, 4.69) is 9.72 Å². The van der Waals surface area contributed by atoms with Crippen molar-refractivity contribution in [3.8, 4) is 0 Å². The highest BCUT2D eigenvalue weighted by Gasteiger charge is 2.16. The number of rotatable bonds is 3. The Morgan fingerprint density at radius 2 is 2.28 bits per heavy atom. The second-order valence-electron chi connectivity index (χ2n) is 3.67. The van der Waals surface area contributed by atoms with Crippen LogP contribution in [-0.2, 0) is 11.3 Å². The number of hydrogen-bond donors (Lipinski definition) is 0. The molecule has 18 heavy (non-hydrogen) atoms. The van der Waals surface area contributed by atoms with E-state index in [1.165, 1.54) is 36.3 Å². The Labute approximate surface area is 103 Å². The van der Waals surface area contributed by atoms with E-state index >= 15 is 0 Å². The number of furan rings is 1. The molecule has 0 atom stereocenters. The first-order chi connectivity index (χ1) is 8.63. The van der Waals surface area contributed by atoms with Gasteiger partial charge < -0.3 is 9.15 Å². The van der Waals surface area contributed by atoms with E-state index in [1.54, 1.807) is 6.92 Å². The fraction of sp³-hybridized carbons (Fsp3) is 0.250. The third-order valence-corrected chi connectivity index (χ3v) is 2.59. The molecule has 0 spiro atoms. The topological polar surface area (TPSA) is 74.3 Å². The summed E-state index contributed by atoms with van der Waals surface area (Å²) < 4.78 is 11.3. The highest BCUT2D eigenvalue weighted by Crippen LogP contribution is 2.13. The lowest BCUT2D eigenvalue weighted by molar-refractivity contribution is 0.0598. The summed E-state index contributed by atoms with van der Waals surface area (Å²) in [4.78, 5) is 27.2. The van der Waals surface area contributed by atoms with Gasteiger partial charge in [-0.25, -0.2) is 9.78 Å². The van der Waals surface area contributed by atoms with Crippen LogP contribution < -0.4 is 5.56 Å². The zero-order chi connectivity index (χ0) is 13.1. The van der Waals surface area contributed by atoms with E-state index in [4.69, 9.17) is 4.42 Å². The molecule has 0 saturated heterocycles. The monoisotopic (exact) mass is 248 g/mol. The molecule has 0 aliphatic carbocycles. The molecule has 0 aromatic carbocycles. The summed E-state index contributed by atoms with van der Waals surface area (Å²) in [7, 11) is 1.29. The average molecular weight is 248 g/mol. The number of aromatic nitrogens is 2. The highest BCUT2D eigenvalue weighted by atomic mass is 16.5. The first-order valence-corrected chi connectivity index (χ1v) is 5.30. The van der Waals surface area contributed by atoms with Crippen LogP contribution in [0.5, 0.6) is 0 Å². The summed E-state index contributed by atoms with van der Waals surface area (Å²) in [6.07, 6.45) is 2.83. The number of ether oxygens (including phenoxy) is 1. The van der Waals surface area contributed by atoms with E-state index in [0.29, 0.717) is 17.1 Å². The third kappa shape index (κ3) is 2.17. The highest BCUT2D eigenvalue weighted by molar-refractivity contribution is 5.90. The fourth-order valence-corrected chi connectivity index (χ4v) is 1.62. The predicted molar refractivity (Wildman–Crippen MR) is 62.4 cm³/mol. The molecule has 6 heteroatoms. The summed E-state index contributed by atoms with van der Waals surface area (Å²) in [5.41, 5.74) is 0.113. The maximum Gasteiger partial charge on any atom is 0.341 e. The minimum absolute atomic E-state index is 0.149. The van der Waals surface area contributed by atoms with E-state index < -0.39 is 5.97 Å². The van der Waals surface area contributed by atoms with Crippen molar-refractivity contribution in [1.82, 2.24) is 9.55 Å². The van der Waals surface area contributed by atoms with Gasteiger partial charge >= 0.3 is 5.97 Å². The molecule has 94 valence electrons. The molecule has 0 aliphatic heterocycles. The zero-order valence-corrected chi connectivity index (χ0v) is 10.0. The number of carbonyl (C=O) groups is 1. The number of carbonyl (C=O) groups excluding carboxylic acids is 1. The SMILES string of the molecule is COC(=O)c1ccoc1Cn1c(C)nccc1=O. The van der Waals surface area contributed by atoms with Crippen molar-refractivity contribution in [2.24, 2.45) is 0 Å². The molecule has 6 nitrogen and oxygen atoms in total. The van der Waals surface area contributed by atoms with Crippen molar-refractivity contribution in [2.45, 2.75) is 13.5 Å². The van der Waals surface area contributed by atoms with Crippen molar-refractivity contribution in [2.75, 3.05) is 7.11 Å². The normalized spacial score (nSPS) is 10.3. The van der Waals surface area contributed by atoms with Gasteiger partial charge in [0.05, 0.1) is 19.9 Å². The summed E-state index contributed by atoms with van der Waals surface area (Å²) >= 11 is 0. The lowest BCUT2D eigenvalue weighted by Gasteiger charge is -2.07. The van der Waals surface area contributed by atoms with Gasteiger partial charge in [-0.15, -0.1) is 0 Å². The molecule has 2 aromatic heterocycles. The summed E-state index contributed by atoms with van der Waals surface area (Å²) in [5.74, 6) is 0.433. The van der Waals surface area contributed by atoms with Crippen LogP contribution >= 0.6 is 0 Å². The summed E-state index contributed by atoms with van der Waals surface area (Å²) in [5, 5.41) is 0. The molecule has 0 radical (unpaired) electrons. The Bertz CT molecular complexity index is 627. The third-order valence-electron chi connectivity index (χ3n) is 2.59. The largest absolute Gasteiger partial charge is 0.467 e. The van der Waals surface area contributed by atoms with Crippen LogP contribution in [0.1, 0.15) is 21.9 Å². The Morgan fingerprint density at radius 1 is 1.50 bits per heavy atom. The van der Waals surface area contributed by atoms with E-state index in [9.17, 15) is 9.59 Å². The molecule has 0 amide bonds. The van der Waals surface area contributed by atoms with Gasteiger partial charge in [-0.3, -0.25) is 9.36 Å². The second kappa shape index (κ2) is 4.87. The minimum Gasteiger partial charge on any atom is -0.467 e. The molecule has 2 rings (SSSR count). The van der Waals surface area contributed by atoms with Gasteiger partial charge in [-0.1, -0.05) is 0 Å². The van der Waals surface area contributed by atoms with Gasteiger partial charge in [0.2, 0.25) is 0 Å². The lowest BCUT2D eigenvalue weighted by atomic mass is 10.2. The quantitative estimate of drug-likeness (QED) is 0.757. The van der Waals surface area contributed by atoms with Crippen LogP contribution in [0.3, 0.4) is 0 Å². The van der Waals surface area contributed by atoms with Crippen LogP contribution in [0.25, 0.3) is 0 Å². The van der Waals surface area contributed by atoms with Gasteiger partial charge in [0.15, 0.2) is 0 Å². The average Bonchev–Trinajstić information content (AvgIpc) is 2.81. The fourth-order valence-electron chi connectivity index (χ4n) is 1.62. The molecular formula is C12H12N2O4. The van der Waals surface area contributed by atoms with Gasteiger partial charge in [-0.05, 0) is 13.0 Å². The van der Waals surface area contributed by atoms with Crippen LogP contribution in [0.2, 0.25) is 0 Å². The Morgan fingerprint density at radius 3 is 2.94 bits per heavy atom. The molecular weight excluding hydrogens is 236 g/mol. The number of esters is 1. The maximum atomic E-state index is 11.7. The predicted octanol–water partition coefficient (Wildman–Crippen LogP) is 0.980. The second-order valence-corrected chi connectivity index (χ2v) is 3.67. The molecule has 0 bridgehead atoms. The first-order valence-electron chi connectivity index (χ1n) is 5.30. The number of nitrogens with zero attached hydrogens (tertiary/aromatic N) is 2. The number of methoxy groups -OCH3 is 1. The van der Waals surface area contributed by atoms with Crippen LogP contribution in [0, 0.1) is 6.92 Å². The zero-order valence-electron chi connectivity index (χ0n) is 10.0. The first kappa shape index (κ1) is 12.1. The summed E-state index contributed by atoms with van der Waals surface area (Å²) in [6, 6.07) is 2.87.